The fourth-order valence-electron chi connectivity index (χ4n) is 2.09. The number of hydrogen-bond donors (Lipinski definition) is 1. The zero-order chi connectivity index (χ0) is 15.2. The van der Waals surface area contributed by atoms with Crippen LogP contribution in [0.15, 0.2) is 15.7 Å². The summed E-state index contributed by atoms with van der Waals surface area (Å²) in [4.78, 5) is 24.0. The number of benzene rings is 1. The zero-order valence-corrected chi connectivity index (χ0v) is 11.1. The highest BCUT2D eigenvalue weighted by Gasteiger charge is 2.23. The van der Waals surface area contributed by atoms with Gasteiger partial charge in [-0.25, -0.2) is 9.18 Å². The van der Waals surface area contributed by atoms with Gasteiger partial charge >= 0.3 is 5.69 Å². The highest BCUT2D eigenvalue weighted by molar-refractivity contribution is 5.84. The van der Waals surface area contributed by atoms with Gasteiger partial charge in [-0.1, -0.05) is 0 Å². The fourth-order valence-corrected chi connectivity index (χ4v) is 2.09. The molecular formula is C12H13F2N3O3. The van der Waals surface area contributed by atoms with Crippen molar-refractivity contribution in [3.8, 4) is 5.75 Å². The predicted octanol–water partition coefficient (Wildman–Crippen LogP) is 0.745. The quantitative estimate of drug-likeness (QED) is 0.826. The third-order valence-corrected chi connectivity index (χ3v) is 2.97. The van der Waals surface area contributed by atoms with Crippen molar-refractivity contribution in [3.05, 3.63) is 38.5 Å². The number of hydrogen-bond acceptors (Lipinski definition) is 4. The first-order valence-electron chi connectivity index (χ1n) is 5.79. The van der Waals surface area contributed by atoms with Crippen LogP contribution in [-0.4, -0.2) is 16.4 Å². The Morgan fingerprint density at radius 2 is 1.90 bits per heavy atom. The minimum Gasteiger partial charge on any atom is -0.491 e. The number of methoxy groups -OCH3 is 1. The molecule has 0 unspecified atom stereocenters. The van der Waals surface area contributed by atoms with Crippen LogP contribution >= 0.6 is 0 Å². The molecular weight excluding hydrogens is 272 g/mol. The van der Waals surface area contributed by atoms with Gasteiger partial charge in [0.15, 0.2) is 11.6 Å². The van der Waals surface area contributed by atoms with Gasteiger partial charge in [-0.15, -0.1) is 0 Å². The molecule has 0 saturated heterocycles. The Hall–Kier alpha value is -2.38. The van der Waals surface area contributed by atoms with E-state index in [2.05, 4.69) is 0 Å². The first-order chi connectivity index (χ1) is 9.31. The van der Waals surface area contributed by atoms with E-state index >= 15 is 0 Å². The maximum atomic E-state index is 13.8. The molecule has 1 aromatic carbocycles. The molecule has 108 valence electrons. The molecule has 1 aromatic heterocycles. The van der Waals surface area contributed by atoms with Gasteiger partial charge in [0.25, 0.3) is 5.56 Å². The molecule has 8 heteroatoms. The third-order valence-electron chi connectivity index (χ3n) is 2.97. The van der Waals surface area contributed by atoms with Gasteiger partial charge in [-0.2, -0.15) is 9.07 Å². The first kappa shape index (κ1) is 14.0. The average molecular weight is 285 g/mol. The third kappa shape index (κ3) is 1.75. The Morgan fingerprint density at radius 1 is 1.30 bits per heavy atom. The van der Waals surface area contributed by atoms with Crippen molar-refractivity contribution in [3.63, 3.8) is 0 Å². The lowest BCUT2D eigenvalue weighted by Crippen LogP contribution is -2.45. The van der Waals surface area contributed by atoms with E-state index in [4.69, 9.17) is 10.6 Å². The van der Waals surface area contributed by atoms with E-state index in [0.717, 1.165) is 11.7 Å². The fraction of sp³-hybridized carbons (Fsp3) is 0.333. The van der Waals surface area contributed by atoms with Crippen molar-refractivity contribution in [2.45, 2.75) is 19.9 Å². The number of nitrogens with zero attached hydrogens (tertiary/aromatic N) is 2. The van der Waals surface area contributed by atoms with Gasteiger partial charge in [0, 0.05) is 6.04 Å². The summed E-state index contributed by atoms with van der Waals surface area (Å²) >= 11 is 0. The molecule has 2 rings (SSSR count). The van der Waals surface area contributed by atoms with Crippen LogP contribution in [0.2, 0.25) is 0 Å². The van der Waals surface area contributed by atoms with Crippen molar-refractivity contribution in [1.29, 1.82) is 0 Å². The molecule has 0 aliphatic rings. The lowest BCUT2D eigenvalue weighted by Gasteiger charge is -2.17. The number of aromatic nitrogens is 2. The number of rotatable bonds is 2. The lowest BCUT2D eigenvalue weighted by atomic mass is 10.2. The Morgan fingerprint density at radius 3 is 2.40 bits per heavy atom. The molecule has 0 bridgehead atoms. The number of ether oxygens (including phenoxy) is 1. The van der Waals surface area contributed by atoms with Crippen LogP contribution in [0, 0.1) is 11.6 Å². The summed E-state index contributed by atoms with van der Waals surface area (Å²) in [5.74, 6) is 2.37. The number of nitrogens with two attached hydrogens (primary N) is 1. The summed E-state index contributed by atoms with van der Waals surface area (Å²) in [5.41, 5.74) is -1.86. The SMILES string of the molecule is COc1c(F)c(F)cc2c(=O)n(N)c(=O)n(C(C)C)c12. The first-order valence-corrected chi connectivity index (χ1v) is 5.79. The monoisotopic (exact) mass is 285 g/mol. The van der Waals surface area contributed by atoms with Crippen LogP contribution in [0.5, 0.6) is 5.75 Å². The van der Waals surface area contributed by atoms with Crippen LogP contribution in [0.25, 0.3) is 10.9 Å². The van der Waals surface area contributed by atoms with Crippen molar-refractivity contribution in [2.24, 2.45) is 0 Å². The molecule has 0 aliphatic carbocycles. The minimum absolute atomic E-state index is 0.113. The largest absolute Gasteiger partial charge is 0.491 e. The summed E-state index contributed by atoms with van der Waals surface area (Å²) < 4.78 is 33.6. The summed E-state index contributed by atoms with van der Waals surface area (Å²) in [7, 11) is 1.13. The predicted molar refractivity (Wildman–Crippen MR) is 69.5 cm³/mol. The van der Waals surface area contributed by atoms with E-state index < -0.39 is 34.7 Å². The van der Waals surface area contributed by atoms with Crippen LogP contribution in [-0.2, 0) is 0 Å². The lowest BCUT2D eigenvalue weighted by molar-refractivity contribution is 0.372. The minimum atomic E-state index is -1.26. The van der Waals surface area contributed by atoms with Gasteiger partial charge in [0.1, 0.15) is 5.52 Å². The maximum Gasteiger partial charge on any atom is 0.350 e. The van der Waals surface area contributed by atoms with Gasteiger partial charge in [-0.3, -0.25) is 9.36 Å². The van der Waals surface area contributed by atoms with E-state index in [1.54, 1.807) is 13.8 Å². The van der Waals surface area contributed by atoms with Crippen molar-refractivity contribution in [1.82, 2.24) is 9.24 Å². The molecule has 2 aromatic rings. The molecule has 0 amide bonds. The highest BCUT2D eigenvalue weighted by atomic mass is 19.2. The van der Waals surface area contributed by atoms with E-state index in [-0.39, 0.29) is 10.9 Å². The van der Waals surface area contributed by atoms with Gasteiger partial charge in [0.2, 0.25) is 5.82 Å². The highest BCUT2D eigenvalue weighted by Crippen LogP contribution is 2.29. The Labute approximate surface area is 112 Å². The molecule has 0 aliphatic heterocycles. The van der Waals surface area contributed by atoms with E-state index in [1.165, 1.54) is 0 Å². The van der Waals surface area contributed by atoms with E-state index in [9.17, 15) is 18.4 Å². The molecule has 0 saturated carbocycles. The Bertz CT molecular complexity index is 808. The van der Waals surface area contributed by atoms with Crippen LogP contribution in [0.1, 0.15) is 19.9 Å². The second-order valence-corrected chi connectivity index (χ2v) is 4.52. The summed E-state index contributed by atoms with van der Waals surface area (Å²) in [6.45, 7) is 3.29. The molecule has 2 N–H and O–H groups in total. The summed E-state index contributed by atoms with van der Waals surface area (Å²) in [6.07, 6.45) is 0. The summed E-state index contributed by atoms with van der Waals surface area (Å²) in [6, 6.07) is 0.274. The van der Waals surface area contributed by atoms with Crippen molar-refractivity contribution in [2.75, 3.05) is 13.0 Å². The Kier molecular flexibility index (Phi) is 3.24. The van der Waals surface area contributed by atoms with Crippen LogP contribution < -0.4 is 21.8 Å². The number of nitrogen functional groups attached to an aromatic ring is 1. The zero-order valence-electron chi connectivity index (χ0n) is 11.1. The molecule has 0 spiro atoms. The topological polar surface area (TPSA) is 79.2 Å². The van der Waals surface area contributed by atoms with E-state index in [0.29, 0.717) is 10.7 Å². The van der Waals surface area contributed by atoms with Crippen molar-refractivity contribution < 1.29 is 13.5 Å². The molecule has 0 atom stereocenters. The normalized spacial score (nSPS) is 11.3. The second kappa shape index (κ2) is 4.62. The number of halogens is 2. The summed E-state index contributed by atoms with van der Waals surface area (Å²) in [5, 5.41) is -0.225. The van der Waals surface area contributed by atoms with Crippen LogP contribution in [0.3, 0.4) is 0 Å². The van der Waals surface area contributed by atoms with E-state index in [1.807, 2.05) is 0 Å². The van der Waals surface area contributed by atoms with Gasteiger partial charge in [-0.05, 0) is 19.9 Å². The molecule has 1 heterocycles. The maximum absolute atomic E-state index is 13.8. The average Bonchev–Trinajstić information content (AvgIpc) is 2.39. The smallest absolute Gasteiger partial charge is 0.350 e. The standard InChI is InChI=1S/C12H13F2N3O3/c1-5(2)16-9-6(11(18)17(15)12(16)19)4-7(13)8(14)10(9)20-3/h4-5H,15H2,1-3H3. The molecule has 20 heavy (non-hydrogen) atoms. The second-order valence-electron chi connectivity index (χ2n) is 4.52. The van der Waals surface area contributed by atoms with Crippen molar-refractivity contribution >= 4 is 10.9 Å². The molecule has 0 fully saturated rings. The molecule has 0 radical (unpaired) electrons. The van der Waals surface area contributed by atoms with Gasteiger partial charge in [0.05, 0.1) is 12.5 Å². The molecule has 6 nitrogen and oxygen atoms in total. The van der Waals surface area contributed by atoms with Gasteiger partial charge < -0.3 is 10.6 Å². The Balaban J connectivity index is 3.23. The van der Waals surface area contributed by atoms with Crippen LogP contribution in [0.4, 0.5) is 8.78 Å². The number of fused-ring (bicyclic) bond motifs is 1.